The van der Waals surface area contributed by atoms with E-state index >= 15 is 0 Å². The zero-order chi connectivity index (χ0) is 13.9. The van der Waals surface area contributed by atoms with Gasteiger partial charge in [-0.15, -0.1) is 0 Å². The lowest BCUT2D eigenvalue weighted by Gasteiger charge is -2.36. The van der Waals surface area contributed by atoms with Gasteiger partial charge in [0.25, 0.3) is 0 Å². The topological polar surface area (TPSA) is 12.0 Å². The summed E-state index contributed by atoms with van der Waals surface area (Å²) in [5.41, 5.74) is 1.78. The predicted molar refractivity (Wildman–Crippen MR) is 87.3 cm³/mol. The fourth-order valence-corrected chi connectivity index (χ4v) is 4.35. The Labute approximate surface area is 126 Å². The minimum absolute atomic E-state index is 0.469. The van der Waals surface area contributed by atoms with E-state index in [1.54, 1.807) is 0 Å². The minimum Gasteiger partial charge on any atom is -0.310 e. The second kappa shape index (κ2) is 6.51. The smallest absolute Gasteiger partial charge is 0.0408 e. The molecule has 2 atom stereocenters. The molecule has 2 unspecified atom stereocenters. The molecule has 2 rings (SSSR count). The maximum atomic E-state index is 6.03. The maximum Gasteiger partial charge on any atom is 0.0408 e. The molecule has 0 aliphatic carbocycles. The van der Waals surface area contributed by atoms with Crippen molar-refractivity contribution in [1.29, 1.82) is 0 Å². The van der Waals surface area contributed by atoms with Crippen LogP contribution in [0.4, 0.5) is 0 Å². The molecule has 1 fully saturated rings. The van der Waals surface area contributed by atoms with E-state index in [9.17, 15) is 0 Å². The van der Waals surface area contributed by atoms with Crippen LogP contribution in [0.15, 0.2) is 24.3 Å². The van der Waals surface area contributed by atoms with Gasteiger partial charge in [-0.25, -0.2) is 0 Å². The normalized spacial score (nSPS) is 24.1. The van der Waals surface area contributed by atoms with Crippen LogP contribution in [0.25, 0.3) is 0 Å². The lowest BCUT2D eigenvalue weighted by molar-refractivity contribution is 0.303. The number of hydrogen-bond donors (Lipinski definition) is 1. The van der Waals surface area contributed by atoms with Crippen LogP contribution in [-0.2, 0) is 6.42 Å². The summed E-state index contributed by atoms with van der Waals surface area (Å²) in [6.45, 7) is 7.01. The average Bonchev–Trinajstić information content (AvgIpc) is 2.27. The van der Waals surface area contributed by atoms with E-state index in [4.69, 9.17) is 11.6 Å². The standard InChI is InChI=1S/C16H24ClNS/c1-12(7-13-5-4-6-14(17)8-13)18-15-9-16(2,3)11-19-10-15/h4-6,8,12,15,18H,7,9-11H2,1-3H3. The summed E-state index contributed by atoms with van der Waals surface area (Å²) < 4.78 is 0. The van der Waals surface area contributed by atoms with Gasteiger partial charge in [0.2, 0.25) is 0 Å². The van der Waals surface area contributed by atoms with Crippen molar-refractivity contribution in [2.75, 3.05) is 11.5 Å². The van der Waals surface area contributed by atoms with Crippen molar-refractivity contribution in [3.8, 4) is 0 Å². The molecule has 1 heterocycles. The third-order valence-corrected chi connectivity index (χ3v) is 5.42. The Morgan fingerprint density at radius 2 is 2.26 bits per heavy atom. The lowest BCUT2D eigenvalue weighted by Crippen LogP contribution is -2.44. The van der Waals surface area contributed by atoms with Gasteiger partial charge in [-0.2, -0.15) is 11.8 Å². The van der Waals surface area contributed by atoms with Gasteiger partial charge in [-0.05, 0) is 48.6 Å². The van der Waals surface area contributed by atoms with Gasteiger partial charge < -0.3 is 5.32 Å². The van der Waals surface area contributed by atoms with E-state index in [2.05, 4.69) is 50.0 Å². The van der Waals surface area contributed by atoms with Gasteiger partial charge >= 0.3 is 0 Å². The summed E-state index contributed by atoms with van der Waals surface area (Å²) in [5.74, 6) is 2.52. The molecule has 1 N–H and O–H groups in total. The van der Waals surface area contributed by atoms with E-state index in [1.165, 1.54) is 23.5 Å². The number of benzene rings is 1. The van der Waals surface area contributed by atoms with Crippen molar-refractivity contribution in [3.63, 3.8) is 0 Å². The Kier molecular flexibility index (Phi) is 5.22. The fraction of sp³-hybridized carbons (Fsp3) is 0.625. The van der Waals surface area contributed by atoms with Crippen molar-refractivity contribution >= 4 is 23.4 Å². The molecule has 0 amide bonds. The molecule has 1 aromatic rings. The molecule has 1 saturated heterocycles. The molecule has 106 valence electrons. The Balaban J connectivity index is 1.85. The second-order valence-corrected chi connectivity index (χ2v) is 7.95. The highest BCUT2D eigenvalue weighted by Gasteiger charge is 2.28. The first-order valence-electron chi connectivity index (χ1n) is 7.03. The van der Waals surface area contributed by atoms with Gasteiger partial charge in [-0.3, -0.25) is 0 Å². The van der Waals surface area contributed by atoms with Crippen LogP contribution in [0.3, 0.4) is 0 Å². The third-order valence-electron chi connectivity index (χ3n) is 3.56. The van der Waals surface area contributed by atoms with Crippen molar-refractivity contribution in [3.05, 3.63) is 34.9 Å². The van der Waals surface area contributed by atoms with Crippen molar-refractivity contribution in [2.45, 2.75) is 45.7 Å². The maximum absolute atomic E-state index is 6.03. The third kappa shape index (κ3) is 5.02. The Morgan fingerprint density at radius 1 is 1.47 bits per heavy atom. The Morgan fingerprint density at radius 3 is 2.95 bits per heavy atom. The van der Waals surface area contributed by atoms with E-state index in [1.807, 2.05) is 12.1 Å². The number of thioether (sulfide) groups is 1. The van der Waals surface area contributed by atoms with Crippen LogP contribution in [0, 0.1) is 5.41 Å². The SMILES string of the molecule is CC(Cc1cccc(Cl)c1)NC1CSCC(C)(C)C1. The van der Waals surface area contributed by atoms with Gasteiger partial charge in [0, 0.05) is 22.9 Å². The second-order valence-electron chi connectivity index (χ2n) is 6.48. The summed E-state index contributed by atoms with van der Waals surface area (Å²) in [5, 5.41) is 4.61. The molecule has 0 saturated carbocycles. The summed E-state index contributed by atoms with van der Waals surface area (Å²) >= 11 is 8.11. The van der Waals surface area contributed by atoms with E-state index in [0.29, 0.717) is 17.5 Å². The average molecular weight is 298 g/mol. The first-order chi connectivity index (χ1) is 8.94. The molecule has 1 nitrogen and oxygen atoms in total. The predicted octanol–water partition coefficient (Wildman–Crippen LogP) is 4.39. The molecular formula is C16H24ClNS. The molecule has 1 aromatic carbocycles. The summed E-state index contributed by atoms with van der Waals surface area (Å²) in [4.78, 5) is 0. The highest BCUT2D eigenvalue weighted by atomic mass is 35.5. The first kappa shape index (κ1) is 15.2. The van der Waals surface area contributed by atoms with Crippen LogP contribution in [0.5, 0.6) is 0 Å². The fourth-order valence-electron chi connectivity index (χ4n) is 2.85. The molecular weight excluding hydrogens is 274 g/mol. The summed E-state index contributed by atoms with van der Waals surface area (Å²) in [6.07, 6.45) is 2.32. The quantitative estimate of drug-likeness (QED) is 0.884. The van der Waals surface area contributed by atoms with Gasteiger partial charge in [-0.1, -0.05) is 37.6 Å². The number of rotatable bonds is 4. The van der Waals surface area contributed by atoms with Crippen molar-refractivity contribution in [1.82, 2.24) is 5.32 Å². The van der Waals surface area contributed by atoms with Crippen molar-refractivity contribution in [2.24, 2.45) is 5.41 Å². The van der Waals surface area contributed by atoms with Crippen LogP contribution in [0.1, 0.15) is 32.8 Å². The van der Waals surface area contributed by atoms with E-state index in [0.717, 1.165) is 11.4 Å². The van der Waals surface area contributed by atoms with Crippen LogP contribution < -0.4 is 5.32 Å². The Bertz CT molecular complexity index is 419. The Hall–Kier alpha value is -0.180. The highest BCUT2D eigenvalue weighted by Crippen LogP contribution is 2.33. The molecule has 0 spiro atoms. The monoisotopic (exact) mass is 297 g/mol. The van der Waals surface area contributed by atoms with E-state index in [-0.39, 0.29) is 0 Å². The minimum atomic E-state index is 0.469. The van der Waals surface area contributed by atoms with E-state index < -0.39 is 0 Å². The summed E-state index contributed by atoms with van der Waals surface area (Å²) in [6, 6.07) is 9.33. The first-order valence-corrected chi connectivity index (χ1v) is 8.56. The highest BCUT2D eigenvalue weighted by molar-refractivity contribution is 7.99. The molecule has 1 aliphatic heterocycles. The zero-order valence-electron chi connectivity index (χ0n) is 12.1. The van der Waals surface area contributed by atoms with Crippen LogP contribution in [-0.4, -0.2) is 23.6 Å². The zero-order valence-corrected chi connectivity index (χ0v) is 13.7. The molecule has 3 heteroatoms. The lowest BCUT2D eigenvalue weighted by atomic mass is 9.87. The van der Waals surface area contributed by atoms with Crippen LogP contribution >= 0.6 is 23.4 Å². The molecule has 0 bridgehead atoms. The van der Waals surface area contributed by atoms with Gasteiger partial charge in [0.1, 0.15) is 0 Å². The number of nitrogens with one attached hydrogen (secondary N) is 1. The van der Waals surface area contributed by atoms with Gasteiger partial charge in [0.05, 0.1) is 0 Å². The van der Waals surface area contributed by atoms with Crippen LogP contribution in [0.2, 0.25) is 5.02 Å². The summed E-state index contributed by atoms with van der Waals surface area (Å²) in [7, 11) is 0. The number of hydrogen-bond acceptors (Lipinski definition) is 2. The molecule has 0 aromatic heterocycles. The largest absolute Gasteiger partial charge is 0.310 e. The molecule has 1 aliphatic rings. The van der Waals surface area contributed by atoms with Gasteiger partial charge in [0.15, 0.2) is 0 Å². The number of halogens is 1. The molecule has 19 heavy (non-hydrogen) atoms. The molecule has 0 radical (unpaired) electrons. The van der Waals surface area contributed by atoms with Crippen molar-refractivity contribution < 1.29 is 0 Å².